The predicted molar refractivity (Wildman–Crippen MR) is 41.3 cm³/mol. The van der Waals surface area contributed by atoms with Crippen molar-refractivity contribution in [2.24, 2.45) is 17.8 Å². The highest BCUT2D eigenvalue weighted by Crippen LogP contribution is 2.39. The Hall–Kier alpha value is -0.860. The Morgan fingerprint density at radius 1 is 1.42 bits per heavy atom. The largest absolute Gasteiger partial charge is 0.465 e. The van der Waals surface area contributed by atoms with Gasteiger partial charge in [-0.2, -0.15) is 0 Å². The summed E-state index contributed by atoms with van der Waals surface area (Å²) in [4.78, 5) is 22.5. The second-order valence-corrected chi connectivity index (χ2v) is 3.70. The molecule has 0 spiro atoms. The second-order valence-electron chi connectivity index (χ2n) is 3.70. The standard InChI is InChI=1S/C9H12O3/c1-5-7(10)4-6-2-3-12-9(11)8(5)6/h5-6,8H,2-4H2,1H3. The van der Waals surface area contributed by atoms with E-state index in [9.17, 15) is 9.59 Å². The smallest absolute Gasteiger partial charge is 0.309 e. The number of esters is 1. The summed E-state index contributed by atoms with van der Waals surface area (Å²) < 4.78 is 4.92. The first-order valence-corrected chi connectivity index (χ1v) is 4.39. The van der Waals surface area contributed by atoms with Gasteiger partial charge in [-0.05, 0) is 12.3 Å². The molecule has 1 heterocycles. The summed E-state index contributed by atoms with van der Waals surface area (Å²) in [6.45, 7) is 2.33. The van der Waals surface area contributed by atoms with Crippen LogP contribution in [-0.4, -0.2) is 18.4 Å². The predicted octanol–water partition coefficient (Wildman–Crippen LogP) is 0.775. The number of ketones is 1. The molecule has 2 rings (SSSR count). The lowest BCUT2D eigenvalue weighted by molar-refractivity contribution is -0.157. The van der Waals surface area contributed by atoms with Crippen LogP contribution in [0.25, 0.3) is 0 Å². The zero-order valence-corrected chi connectivity index (χ0v) is 7.08. The van der Waals surface area contributed by atoms with Crippen molar-refractivity contribution in [2.45, 2.75) is 19.8 Å². The molecule has 1 saturated heterocycles. The number of fused-ring (bicyclic) bond motifs is 1. The Morgan fingerprint density at radius 2 is 2.17 bits per heavy atom. The fourth-order valence-electron chi connectivity index (χ4n) is 2.27. The Kier molecular flexibility index (Phi) is 1.67. The molecule has 0 radical (unpaired) electrons. The van der Waals surface area contributed by atoms with E-state index >= 15 is 0 Å². The molecule has 0 aromatic rings. The zero-order valence-electron chi connectivity index (χ0n) is 7.08. The van der Waals surface area contributed by atoms with Crippen LogP contribution in [0.3, 0.4) is 0 Å². The number of Topliss-reactive ketones (excluding diaryl/α,β-unsaturated/α-hetero) is 1. The van der Waals surface area contributed by atoms with E-state index in [4.69, 9.17) is 4.74 Å². The maximum atomic E-state index is 11.3. The van der Waals surface area contributed by atoms with E-state index in [1.807, 2.05) is 6.92 Å². The van der Waals surface area contributed by atoms with E-state index in [0.717, 1.165) is 6.42 Å². The van der Waals surface area contributed by atoms with Crippen LogP contribution in [0.15, 0.2) is 0 Å². The lowest BCUT2D eigenvalue weighted by atomic mass is 9.87. The van der Waals surface area contributed by atoms with E-state index in [1.54, 1.807) is 0 Å². The van der Waals surface area contributed by atoms with Gasteiger partial charge in [0.2, 0.25) is 0 Å². The number of ether oxygens (including phenoxy) is 1. The van der Waals surface area contributed by atoms with Gasteiger partial charge < -0.3 is 4.74 Å². The number of cyclic esters (lactones) is 1. The van der Waals surface area contributed by atoms with Crippen molar-refractivity contribution in [1.29, 1.82) is 0 Å². The highest BCUT2D eigenvalue weighted by Gasteiger charge is 2.46. The Bertz CT molecular complexity index is 234. The van der Waals surface area contributed by atoms with Crippen molar-refractivity contribution < 1.29 is 14.3 Å². The van der Waals surface area contributed by atoms with E-state index in [1.165, 1.54) is 0 Å². The summed E-state index contributed by atoms with van der Waals surface area (Å²) in [5.41, 5.74) is 0. The van der Waals surface area contributed by atoms with Gasteiger partial charge in [0.05, 0.1) is 12.5 Å². The third-order valence-corrected chi connectivity index (χ3v) is 3.02. The van der Waals surface area contributed by atoms with Gasteiger partial charge in [0.15, 0.2) is 0 Å². The number of carbonyl (C=O) groups is 2. The van der Waals surface area contributed by atoms with E-state index in [2.05, 4.69) is 0 Å². The molecule has 3 unspecified atom stereocenters. The Labute approximate surface area is 71.1 Å². The van der Waals surface area contributed by atoms with Crippen molar-refractivity contribution in [3.05, 3.63) is 0 Å². The highest BCUT2D eigenvalue weighted by atomic mass is 16.5. The molecule has 0 aromatic heterocycles. The van der Waals surface area contributed by atoms with Crippen molar-refractivity contribution in [3.63, 3.8) is 0 Å². The summed E-state index contributed by atoms with van der Waals surface area (Å²) in [5.74, 6) is 0.0938. The van der Waals surface area contributed by atoms with Gasteiger partial charge >= 0.3 is 5.97 Å². The van der Waals surface area contributed by atoms with Crippen LogP contribution in [0.4, 0.5) is 0 Å². The van der Waals surface area contributed by atoms with Gasteiger partial charge in [0, 0.05) is 12.3 Å². The molecule has 1 aliphatic carbocycles. The molecule has 0 bridgehead atoms. The minimum Gasteiger partial charge on any atom is -0.465 e. The highest BCUT2D eigenvalue weighted by molar-refractivity contribution is 5.90. The normalized spacial score (nSPS) is 40.9. The van der Waals surface area contributed by atoms with Crippen LogP contribution in [0.1, 0.15) is 19.8 Å². The lowest BCUT2D eigenvalue weighted by Gasteiger charge is -2.25. The van der Waals surface area contributed by atoms with Gasteiger partial charge in [-0.1, -0.05) is 6.92 Å². The molecule has 0 N–H and O–H groups in total. The monoisotopic (exact) mass is 168 g/mol. The third-order valence-electron chi connectivity index (χ3n) is 3.02. The summed E-state index contributed by atoms with van der Waals surface area (Å²) in [7, 11) is 0. The molecule has 12 heavy (non-hydrogen) atoms. The van der Waals surface area contributed by atoms with Crippen molar-refractivity contribution in [2.75, 3.05) is 6.61 Å². The van der Waals surface area contributed by atoms with Gasteiger partial charge in [-0.15, -0.1) is 0 Å². The van der Waals surface area contributed by atoms with Gasteiger partial charge in [-0.25, -0.2) is 0 Å². The SMILES string of the molecule is CC1C(=O)CC2CCOC(=O)C21. The average Bonchev–Trinajstić information content (AvgIpc) is 2.29. The number of hydrogen-bond acceptors (Lipinski definition) is 3. The average molecular weight is 168 g/mol. The molecule has 66 valence electrons. The number of rotatable bonds is 0. The zero-order chi connectivity index (χ0) is 8.72. The summed E-state index contributed by atoms with van der Waals surface area (Å²) in [5, 5.41) is 0. The van der Waals surface area contributed by atoms with Gasteiger partial charge in [0.1, 0.15) is 5.78 Å². The third kappa shape index (κ3) is 0.958. The quantitative estimate of drug-likeness (QED) is 0.502. The topological polar surface area (TPSA) is 43.4 Å². The first-order valence-electron chi connectivity index (χ1n) is 4.39. The van der Waals surface area contributed by atoms with Crippen molar-refractivity contribution in [3.8, 4) is 0 Å². The summed E-state index contributed by atoms with van der Waals surface area (Å²) in [6, 6.07) is 0. The van der Waals surface area contributed by atoms with Crippen LogP contribution in [0.5, 0.6) is 0 Å². The maximum absolute atomic E-state index is 11.3. The molecular formula is C9H12O3. The minimum atomic E-state index is -0.162. The summed E-state index contributed by atoms with van der Waals surface area (Å²) >= 11 is 0. The molecule has 3 atom stereocenters. The lowest BCUT2D eigenvalue weighted by Crippen LogP contribution is -2.32. The van der Waals surface area contributed by atoms with Crippen LogP contribution in [0.2, 0.25) is 0 Å². The Morgan fingerprint density at radius 3 is 2.83 bits per heavy atom. The van der Waals surface area contributed by atoms with Crippen LogP contribution in [0, 0.1) is 17.8 Å². The fourth-order valence-corrected chi connectivity index (χ4v) is 2.27. The molecule has 2 fully saturated rings. The van der Waals surface area contributed by atoms with Crippen molar-refractivity contribution >= 4 is 11.8 Å². The van der Waals surface area contributed by atoms with Gasteiger partial charge in [0.25, 0.3) is 0 Å². The molecular weight excluding hydrogens is 156 g/mol. The van der Waals surface area contributed by atoms with E-state index in [-0.39, 0.29) is 29.5 Å². The van der Waals surface area contributed by atoms with Crippen LogP contribution in [-0.2, 0) is 14.3 Å². The minimum absolute atomic E-state index is 0.109. The number of hydrogen-bond donors (Lipinski definition) is 0. The molecule has 1 saturated carbocycles. The number of carbonyl (C=O) groups excluding carboxylic acids is 2. The Balaban J connectivity index is 2.23. The molecule has 0 aromatic carbocycles. The second kappa shape index (κ2) is 2.57. The van der Waals surface area contributed by atoms with Crippen LogP contribution < -0.4 is 0 Å². The molecule has 1 aliphatic heterocycles. The van der Waals surface area contributed by atoms with E-state index in [0.29, 0.717) is 13.0 Å². The van der Waals surface area contributed by atoms with Gasteiger partial charge in [-0.3, -0.25) is 9.59 Å². The summed E-state index contributed by atoms with van der Waals surface area (Å²) in [6.07, 6.45) is 1.45. The maximum Gasteiger partial charge on any atom is 0.309 e. The van der Waals surface area contributed by atoms with Crippen LogP contribution >= 0.6 is 0 Å². The van der Waals surface area contributed by atoms with E-state index < -0.39 is 0 Å². The fraction of sp³-hybridized carbons (Fsp3) is 0.778. The first kappa shape index (κ1) is 7.77. The molecule has 3 heteroatoms. The van der Waals surface area contributed by atoms with Crippen molar-refractivity contribution in [1.82, 2.24) is 0 Å². The molecule has 2 aliphatic rings. The molecule has 0 amide bonds. The first-order chi connectivity index (χ1) is 5.70. The molecule has 3 nitrogen and oxygen atoms in total.